The van der Waals surface area contributed by atoms with Gasteiger partial charge in [-0.25, -0.2) is 0 Å². The van der Waals surface area contributed by atoms with Crippen LogP contribution in [0.3, 0.4) is 0 Å². The predicted molar refractivity (Wildman–Crippen MR) is 129 cm³/mol. The summed E-state index contributed by atoms with van der Waals surface area (Å²) >= 11 is 12.0. The fraction of sp³-hybridized carbons (Fsp3) is 0.208. The highest BCUT2D eigenvalue weighted by molar-refractivity contribution is 7.87. The summed E-state index contributed by atoms with van der Waals surface area (Å²) in [5.74, 6) is -0.493. The van der Waals surface area contributed by atoms with Crippen LogP contribution in [-0.2, 0) is 27.6 Å². The number of benzene rings is 3. The molecule has 6 nitrogen and oxygen atoms in total. The molecule has 0 N–H and O–H groups in total. The third kappa shape index (κ3) is 7.13. The van der Waals surface area contributed by atoms with Gasteiger partial charge in [0, 0.05) is 25.8 Å². The summed E-state index contributed by atoms with van der Waals surface area (Å²) in [7, 11) is -3.07. The molecule has 0 aliphatic carbocycles. The second kappa shape index (κ2) is 11.5. The maximum Gasteiger partial charge on any atom is 0.416 e. The average Bonchev–Trinajstić information content (AvgIpc) is 2.82. The van der Waals surface area contributed by atoms with E-state index in [2.05, 4.69) is 0 Å². The van der Waals surface area contributed by atoms with Crippen molar-refractivity contribution in [3.05, 3.63) is 93.5 Å². The van der Waals surface area contributed by atoms with E-state index >= 15 is 0 Å². The molecule has 0 radical (unpaired) electrons. The van der Waals surface area contributed by atoms with Crippen LogP contribution in [0.25, 0.3) is 0 Å². The van der Waals surface area contributed by atoms with E-state index in [1.807, 2.05) is 0 Å². The quantitative estimate of drug-likeness (QED) is 0.296. The molecule has 192 valence electrons. The van der Waals surface area contributed by atoms with Crippen molar-refractivity contribution in [1.82, 2.24) is 4.90 Å². The van der Waals surface area contributed by atoms with Crippen molar-refractivity contribution in [3.63, 3.8) is 0 Å². The van der Waals surface area contributed by atoms with Gasteiger partial charge in [-0.05, 0) is 54.1 Å². The van der Waals surface area contributed by atoms with E-state index in [4.69, 9.17) is 32.1 Å². The van der Waals surface area contributed by atoms with Crippen molar-refractivity contribution in [1.29, 1.82) is 0 Å². The van der Waals surface area contributed by atoms with Crippen LogP contribution in [0.4, 0.5) is 13.2 Å². The number of ether oxygens (including phenoxy) is 1. The molecule has 12 heteroatoms. The molecule has 36 heavy (non-hydrogen) atoms. The first kappa shape index (κ1) is 27.8. The molecule has 0 atom stereocenters. The number of halogens is 5. The number of methoxy groups -OCH3 is 1. The lowest BCUT2D eigenvalue weighted by atomic mass is 10.1. The fourth-order valence-electron chi connectivity index (χ4n) is 3.18. The first-order valence-electron chi connectivity index (χ1n) is 10.3. The Labute approximate surface area is 216 Å². The minimum atomic E-state index is -4.71. The number of amides is 1. The van der Waals surface area contributed by atoms with Gasteiger partial charge >= 0.3 is 16.3 Å². The van der Waals surface area contributed by atoms with Crippen LogP contribution in [0.15, 0.2) is 71.6 Å². The lowest BCUT2D eigenvalue weighted by Gasteiger charge is -2.23. The van der Waals surface area contributed by atoms with Crippen LogP contribution in [0, 0.1) is 0 Å². The summed E-state index contributed by atoms with van der Waals surface area (Å²) in [5.41, 5.74) is -0.313. The van der Waals surface area contributed by atoms with Crippen LogP contribution in [0.2, 0.25) is 10.0 Å². The molecule has 0 heterocycles. The molecule has 0 aromatic heterocycles. The number of carbonyl (C=O) groups is 1. The predicted octanol–water partition coefficient (Wildman–Crippen LogP) is 6.07. The molecule has 0 aliphatic rings. The van der Waals surface area contributed by atoms with E-state index in [1.54, 1.807) is 6.07 Å². The first-order valence-corrected chi connectivity index (χ1v) is 12.5. The zero-order valence-corrected chi connectivity index (χ0v) is 21.1. The number of alkyl halides is 3. The van der Waals surface area contributed by atoms with Crippen LogP contribution < -0.4 is 4.18 Å². The third-order valence-corrected chi connectivity index (χ3v) is 6.93. The Balaban J connectivity index is 1.83. The molecule has 3 aromatic carbocycles. The lowest BCUT2D eigenvalue weighted by molar-refractivity contribution is -0.137. The zero-order valence-electron chi connectivity index (χ0n) is 18.8. The number of hydrogen-bond donors (Lipinski definition) is 0. The second-order valence-corrected chi connectivity index (χ2v) is 9.92. The number of carbonyl (C=O) groups excluding carboxylic acids is 1. The van der Waals surface area contributed by atoms with Gasteiger partial charge in [-0.15, -0.1) is 0 Å². The number of rotatable bonds is 9. The molecule has 0 saturated heterocycles. The van der Waals surface area contributed by atoms with Crippen LogP contribution in [0.1, 0.15) is 21.5 Å². The Hall–Kier alpha value is -2.79. The van der Waals surface area contributed by atoms with Gasteiger partial charge in [0.1, 0.15) is 10.6 Å². The molecular weight excluding hydrogens is 542 g/mol. The van der Waals surface area contributed by atoms with Gasteiger partial charge in [0.25, 0.3) is 5.91 Å². The van der Waals surface area contributed by atoms with Gasteiger partial charge in [0.15, 0.2) is 0 Å². The molecule has 0 unspecified atom stereocenters. The van der Waals surface area contributed by atoms with Crippen molar-refractivity contribution < 1.29 is 35.3 Å². The van der Waals surface area contributed by atoms with Crippen molar-refractivity contribution >= 4 is 39.2 Å². The summed E-state index contributed by atoms with van der Waals surface area (Å²) in [4.78, 5) is 13.9. The van der Waals surface area contributed by atoms with Crippen molar-refractivity contribution in [3.8, 4) is 5.75 Å². The molecule has 0 fully saturated rings. The fourth-order valence-corrected chi connectivity index (χ4v) is 4.45. The van der Waals surface area contributed by atoms with Gasteiger partial charge in [0.05, 0.1) is 22.2 Å². The largest absolute Gasteiger partial charge is 0.416 e. The van der Waals surface area contributed by atoms with E-state index in [1.165, 1.54) is 48.4 Å². The highest BCUT2D eigenvalue weighted by Gasteiger charge is 2.32. The first-order chi connectivity index (χ1) is 16.9. The third-order valence-electron chi connectivity index (χ3n) is 4.95. The molecule has 3 rings (SSSR count). The van der Waals surface area contributed by atoms with Gasteiger partial charge in [-0.3, -0.25) is 4.79 Å². The average molecular weight is 562 g/mol. The SMILES string of the molecule is COCCN(Cc1cccc(OS(=O)(=O)c2cccc(C(F)(F)F)c2)c1)C(=O)c1ccc(Cl)c(Cl)c1. The van der Waals surface area contributed by atoms with Gasteiger partial charge < -0.3 is 13.8 Å². The molecule has 3 aromatic rings. The lowest BCUT2D eigenvalue weighted by Crippen LogP contribution is -2.33. The normalized spacial score (nSPS) is 11.8. The Morgan fingerprint density at radius 2 is 1.69 bits per heavy atom. The standard InChI is InChI=1S/C24H20Cl2F3NO5S/c1-34-11-10-30(23(31)17-8-9-21(25)22(26)13-17)15-16-4-2-6-19(12-16)35-36(32,33)20-7-3-5-18(14-20)24(27,28)29/h2-9,12-14H,10-11,15H2,1H3. The number of nitrogens with zero attached hydrogens (tertiary/aromatic N) is 1. The Morgan fingerprint density at radius 3 is 2.36 bits per heavy atom. The summed E-state index contributed by atoms with van der Waals surface area (Å²) in [6.07, 6.45) is -4.71. The van der Waals surface area contributed by atoms with E-state index in [-0.39, 0.29) is 36.4 Å². The highest BCUT2D eigenvalue weighted by Crippen LogP contribution is 2.31. The summed E-state index contributed by atoms with van der Waals surface area (Å²) < 4.78 is 74.3. The maximum absolute atomic E-state index is 13.1. The smallest absolute Gasteiger partial charge is 0.383 e. The Kier molecular flexibility index (Phi) is 8.89. The van der Waals surface area contributed by atoms with Crippen molar-refractivity contribution in [2.75, 3.05) is 20.3 Å². The topological polar surface area (TPSA) is 72.9 Å². The maximum atomic E-state index is 13.1. The summed E-state index contributed by atoms with van der Waals surface area (Å²) in [6.45, 7) is 0.500. The monoisotopic (exact) mass is 561 g/mol. The van der Waals surface area contributed by atoms with Gasteiger partial charge in [-0.2, -0.15) is 21.6 Å². The molecule has 0 saturated carbocycles. The second-order valence-electron chi connectivity index (χ2n) is 7.56. The molecule has 0 aliphatic heterocycles. The summed E-state index contributed by atoms with van der Waals surface area (Å²) in [6, 6.07) is 13.6. The van der Waals surface area contributed by atoms with E-state index in [9.17, 15) is 26.4 Å². The molecular formula is C24H20Cl2F3NO5S. The molecule has 1 amide bonds. The minimum absolute atomic E-state index is 0.0588. The van der Waals surface area contributed by atoms with E-state index < -0.39 is 26.8 Å². The van der Waals surface area contributed by atoms with Crippen molar-refractivity contribution in [2.24, 2.45) is 0 Å². The van der Waals surface area contributed by atoms with Crippen LogP contribution >= 0.6 is 23.2 Å². The van der Waals surface area contributed by atoms with Crippen LogP contribution in [-0.4, -0.2) is 39.5 Å². The Bertz CT molecular complexity index is 1350. The molecule has 0 spiro atoms. The number of hydrogen-bond acceptors (Lipinski definition) is 5. The van der Waals surface area contributed by atoms with Crippen molar-refractivity contribution in [2.45, 2.75) is 17.6 Å². The molecule has 0 bridgehead atoms. The van der Waals surface area contributed by atoms with E-state index in [0.29, 0.717) is 22.2 Å². The van der Waals surface area contributed by atoms with Crippen LogP contribution in [0.5, 0.6) is 5.75 Å². The summed E-state index contributed by atoms with van der Waals surface area (Å²) in [5, 5.41) is 0.507. The van der Waals surface area contributed by atoms with Gasteiger partial charge in [0.2, 0.25) is 0 Å². The Morgan fingerprint density at radius 1 is 0.972 bits per heavy atom. The van der Waals surface area contributed by atoms with E-state index in [0.717, 1.165) is 18.2 Å². The zero-order chi connectivity index (χ0) is 26.5. The highest BCUT2D eigenvalue weighted by atomic mass is 35.5. The minimum Gasteiger partial charge on any atom is -0.383 e. The van der Waals surface area contributed by atoms with Gasteiger partial charge in [-0.1, -0.05) is 41.4 Å².